The molecule has 4 aromatic rings. The van der Waals surface area contributed by atoms with E-state index in [1.165, 1.54) is 13.1 Å². The van der Waals surface area contributed by atoms with Gasteiger partial charge in [0.05, 0.1) is 30.1 Å². The second-order valence-corrected chi connectivity index (χ2v) is 8.42. The van der Waals surface area contributed by atoms with E-state index in [2.05, 4.69) is 25.0 Å². The summed E-state index contributed by atoms with van der Waals surface area (Å²) in [7, 11) is -0.860. The molecule has 0 atom stereocenters. The number of para-hydroxylation sites is 1. The molecule has 0 fully saturated rings. The molecule has 0 aliphatic heterocycles. The Morgan fingerprint density at radius 2 is 1.90 bits per heavy atom. The van der Waals surface area contributed by atoms with E-state index in [1.807, 2.05) is 0 Å². The van der Waals surface area contributed by atoms with Gasteiger partial charge in [0.15, 0.2) is 0 Å². The number of hydrogen-bond donors (Lipinski definition) is 3. The normalized spacial score (nSPS) is 11.4. The van der Waals surface area contributed by atoms with Gasteiger partial charge in [-0.25, -0.2) is 18.1 Å². The second kappa shape index (κ2) is 8.17. The molecule has 3 N–H and O–H groups in total. The molecule has 10 heteroatoms. The third kappa shape index (κ3) is 3.98. The number of rotatable bonds is 6. The Labute approximate surface area is 178 Å². The number of aromatic nitrogens is 3. The summed E-state index contributed by atoms with van der Waals surface area (Å²) >= 11 is 0. The zero-order valence-electron chi connectivity index (χ0n) is 16.7. The highest BCUT2D eigenvalue weighted by Gasteiger charge is 2.18. The first-order chi connectivity index (χ1) is 14.9. The van der Waals surface area contributed by atoms with E-state index < -0.39 is 10.0 Å². The van der Waals surface area contributed by atoms with E-state index in [0.29, 0.717) is 27.8 Å². The molecule has 31 heavy (non-hydrogen) atoms. The molecule has 0 aliphatic carbocycles. The van der Waals surface area contributed by atoms with Crippen molar-refractivity contribution < 1.29 is 13.2 Å². The molecular weight excluding hydrogens is 418 g/mol. The van der Waals surface area contributed by atoms with Crippen LogP contribution in [0, 0.1) is 0 Å². The minimum atomic E-state index is -3.74. The standard InChI is InChI=1S/C21H19N5O4S/c1-22-31(28,29)18-6-4-3-5-16(18)25-20-19-13(7-8-24-21(19)27)10-17(26-20)14-9-15(30-2)12-23-11-14/h3-12,22H,1-2H3,(H,24,27)(H,25,26). The SMILES string of the molecule is CNS(=O)(=O)c1ccccc1Nc1nc(-c2cncc(OC)c2)cc2cc[nH]c(=O)c12. The summed E-state index contributed by atoms with van der Waals surface area (Å²) < 4.78 is 32.4. The number of pyridine rings is 3. The van der Waals surface area contributed by atoms with E-state index in [-0.39, 0.29) is 22.0 Å². The molecule has 0 saturated carbocycles. The van der Waals surface area contributed by atoms with Gasteiger partial charge >= 0.3 is 0 Å². The zero-order valence-corrected chi connectivity index (χ0v) is 17.5. The van der Waals surface area contributed by atoms with Gasteiger partial charge in [0.1, 0.15) is 16.5 Å². The van der Waals surface area contributed by atoms with Crippen molar-refractivity contribution in [2.75, 3.05) is 19.5 Å². The van der Waals surface area contributed by atoms with Gasteiger partial charge in [-0.3, -0.25) is 9.78 Å². The molecule has 3 aromatic heterocycles. The van der Waals surface area contributed by atoms with Crippen molar-refractivity contribution in [1.29, 1.82) is 0 Å². The molecule has 0 bridgehead atoms. The summed E-state index contributed by atoms with van der Waals surface area (Å²) in [6, 6.07) is 11.7. The lowest BCUT2D eigenvalue weighted by Crippen LogP contribution is -2.20. The largest absolute Gasteiger partial charge is 0.495 e. The molecule has 158 valence electrons. The minimum absolute atomic E-state index is 0.0354. The Morgan fingerprint density at radius 3 is 2.68 bits per heavy atom. The fourth-order valence-corrected chi connectivity index (χ4v) is 4.05. The van der Waals surface area contributed by atoms with Crippen LogP contribution in [0.2, 0.25) is 0 Å². The molecule has 9 nitrogen and oxygen atoms in total. The molecule has 0 saturated heterocycles. The maximum Gasteiger partial charge on any atom is 0.259 e. The van der Waals surface area contributed by atoms with Gasteiger partial charge in [-0.05, 0) is 42.8 Å². The van der Waals surface area contributed by atoms with Gasteiger partial charge in [0.25, 0.3) is 5.56 Å². The Hall–Kier alpha value is -3.76. The Morgan fingerprint density at radius 1 is 1.10 bits per heavy atom. The van der Waals surface area contributed by atoms with Crippen LogP contribution in [-0.2, 0) is 10.0 Å². The summed E-state index contributed by atoms with van der Waals surface area (Å²) in [5.74, 6) is 0.779. The molecule has 0 aliphatic rings. The van der Waals surface area contributed by atoms with Crippen molar-refractivity contribution in [2.45, 2.75) is 4.90 Å². The van der Waals surface area contributed by atoms with Gasteiger partial charge in [0.2, 0.25) is 10.0 Å². The third-order valence-corrected chi connectivity index (χ3v) is 6.17. The van der Waals surface area contributed by atoms with Crippen LogP contribution in [0.4, 0.5) is 11.5 Å². The lowest BCUT2D eigenvalue weighted by molar-refractivity contribution is 0.413. The molecule has 0 spiro atoms. The van der Waals surface area contributed by atoms with Crippen LogP contribution in [0.25, 0.3) is 22.0 Å². The predicted octanol–water partition coefficient (Wildman–Crippen LogP) is 2.65. The summed E-state index contributed by atoms with van der Waals surface area (Å²) in [5.41, 5.74) is 1.16. The monoisotopic (exact) mass is 437 g/mol. The van der Waals surface area contributed by atoms with Crippen LogP contribution in [0.5, 0.6) is 5.75 Å². The van der Waals surface area contributed by atoms with Gasteiger partial charge in [-0.15, -0.1) is 0 Å². The van der Waals surface area contributed by atoms with Crippen LogP contribution >= 0.6 is 0 Å². The van der Waals surface area contributed by atoms with E-state index in [9.17, 15) is 13.2 Å². The molecule has 4 rings (SSSR count). The number of ether oxygens (including phenoxy) is 1. The highest BCUT2D eigenvalue weighted by Crippen LogP contribution is 2.30. The first kappa shape index (κ1) is 20.5. The lowest BCUT2D eigenvalue weighted by Gasteiger charge is -2.14. The number of nitrogens with one attached hydrogen (secondary N) is 3. The number of fused-ring (bicyclic) bond motifs is 1. The number of methoxy groups -OCH3 is 1. The number of aromatic amines is 1. The molecule has 0 amide bonds. The maximum absolute atomic E-state index is 12.6. The minimum Gasteiger partial charge on any atom is -0.495 e. The van der Waals surface area contributed by atoms with Gasteiger partial charge < -0.3 is 15.0 Å². The second-order valence-electron chi connectivity index (χ2n) is 6.57. The topological polar surface area (TPSA) is 126 Å². The quantitative estimate of drug-likeness (QED) is 0.423. The number of hydrogen-bond acceptors (Lipinski definition) is 7. The molecular formula is C21H19N5O4S. The number of H-pyrrole nitrogens is 1. The lowest BCUT2D eigenvalue weighted by atomic mass is 10.1. The smallest absolute Gasteiger partial charge is 0.259 e. The fourth-order valence-electron chi connectivity index (χ4n) is 3.16. The van der Waals surface area contributed by atoms with E-state index in [1.54, 1.807) is 62.1 Å². The zero-order chi connectivity index (χ0) is 22.0. The number of benzene rings is 1. The molecule has 0 radical (unpaired) electrons. The van der Waals surface area contributed by atoms with Crippen LogP contribution in [0.3, 0.4) is 0 Å². The summed E-state index contributed by atoms with van der Waals surface area (Å²) in [6.45, 7) is 0. The van der Waals surface area contributed by atoms with Crippen LogP contribution in [0.15, 0.2) is 70.7 Å². The van der Waals surface area contributed by atoms with Crippen LogP contribution in [0.1, 0.15) is 0 Å². The average Bonchev–Trinajstić information content (AvgIpc) is 2.79. The van der Waals surface area contributed by atoms with Crippen LogP contribution in [-0.4, -0.2) is 37.5 Å². The van der Waals surface area contributed by atoms with E-state index >= 15 is 0 Å². The Balaban J connectivity index is 1.93. The summed E-state index contributed by atoms with van der Waals surface area (Å²) in [4.78, 5) is 24.0. The first-order valence-corrected chi connectivity index (χ1v) is 10.7. The highest BCUT2D eigenvalue weighted by atomic mass is 32.2. The van der Waals surface area contributed by atoms with Gasteiger partial charge in [-0.1, -0.05) is 12.1 Å². The molecule has 3 heterocycles. The van der Waals surface area contributed by atoms with Crippen molar-refractivity contribution in [2.24, 2.45) is 0 Å². The Bertz CT molecular complexity index is 1430. The fraction of sp³-hybridized carbons (Fsp3) is 0.0952. The highest BCUT2D eigenvalue weighted by molar-refractivity contribution is 7.89. The number of nitrogens with zero attached hydrogens (tertiary/aromatic N) is 2. The van der Waals surface area contributed by atoms with Crippen molar-refractivity contribution in [1.82, 2.24) is 19.7 Å². The molecule has 1 aromatic carbocycles. The Kier molecular flexibility index (Phi) is 5.40. The van der Waals surface area contributed by atoms with E-state index in [4.69, 9.17) is 4.74 Å². The maximum atomic E-state index is 12.6. The number of anilines is 2. The van der Waals surface area contributed by atoms with Crippen molar-refractivity contribution in [3.05, 3.63) is 71.4 Å². The van der Waals surface area contributed by atoms with Crippen LogP contribution < -0.4 is 20.3 Å². The summed E-state index contributed by atoms with van der Waals surface area (Å²) in [6.07, 6.45) is 4.75. The van der Waals surface area contributed by atoms with Gasteiger partial charge in [-0.2, -0.15) is 0 Å². The summed E-state index contributed by atoms with van der Waals surface area (Å²) in [5, 5.41) is 3.97. The van der Waals surface area contributed by atoms with Gasteiger partial charge in [0, 0.05) is 18.0 Å². The van der Waals surface area contributed by atoms with Crippen molar-refractivity contribution in [3.8, 4) is 17.0 Å². The average molecular weight is 437 g/mol. The third-order valence-electron chi connectivity index (χ3n) is 4.70. The van der Waals surface area contributed by atoms with E-state index in [0.717, 1.165) is 0 Å². The van der Waals surface area contributed by atoms with Crippen molar-refractivity contribution in [3.63, 3.8) is 0 Å². The first-order valence-electron chi connectivity index (χ1n) is 9.24. The number of sulfonamides is 1. The molecule has 0 unspecified atom stereocenters. The predicted molar refractivity (Wildman–Crippen MR) is 118 cm³/mol. The van der Waals surface area contributed by atoms with Crippen molar-refractivity contribution >= 4 is 32.3 Å².